The Morgan fingerprint density at radius 2 is 1.30 bits per heavy atom. The molecule has 4 heteroatoms. The second kappa shape index (κ2) is 18.3. The molecule has 0 aliphatic heterocycles. The Labute approximate surface area is 173 Å². The molecule has 0 saturated carbocycles. The molecule has 0 aliphatic carbocycles. The predicted octanol–water partition coefficient (Wildman–Crippen LogP) is 3.15. The fraction of sp³-hybridized carbons (Fsp3) is 0.739. The average molecular weight is 398 g/mol. The number of ether oxygens (including phenoxy) is 1. The van der Waals surface area contributed by atoms with E-state index in [0.29, 0.717) is 12.3 Å². The van der Waals surface area contributed by atoms with Gasteiger partial charge in [-0.2, -0.15) is 4.57 Å². The fourth-order valence-electron chi connectivity index (χ4n) is 3.27. The van der Waals surface area contributed by atoms with E-state index in [0.717, 1.165) is 12.8 Å². The van der Waals surface area contributed by atoms with Crippen LogP contribution in [0.2, 0.25) is 0 Å². The molecule has 0 aliphatic rings. The molecule has 0 amide bonds. The second-order valence-electron chi connectivity index (χ2n) is 7.43. The molecule has 0 fully saturated rings. The van der Waals surface area contributed by atoms with E-state index in [1.807, 2.05) is 25.4 Å². The normalized spacial score (nSPS) is 10.4. The van der Waals surface area contributed by atoms with Crippen molar-refractivity contribution in [1.82, 2.24) is 0 Å². The zero-order chi connectivity index (χ0) is 18.9. The lowest BCUT2D eigenvalue weighted by Crippen LogP contribution is -3.00. The first-order valence-electron chi connectivity index (χ1n) is 10.9. The Morgan fingerprint density at radius 3 is 1.78 bits per heavy atom. The lowest BCUT2D eigenvalue weighted by Gasteiger charge is -2.04. The third-order valence-corrected chi connectivity index (χ3v) is 5.00. The van der Waals surface area contributed by atoms with Gasteiger partial charge in [0.2, 0.25) is 0 Å². The van der Waals surface area contributed by atoms with Crippen molar-refractivity contribution in [1.29, 1.82) is 0 Å². The van der Waals surface area contributed by atoms with Crippen molar-refractivity contribution < 1.29 is 26.5 Å². The van der Waals surface area contributed by atoms with Gasteiger partial charge in [0.1, 0.15) is 7.05 Å². The van der Waals surface area contributed by atoms with Gasteiger partial charge < -0.3 is 17.1 Å². The molecule has 0 spiro atoms. The molecule has 0 bridgehead atoms. The van der Waals surface area contributed by atoms with Crippen LogP contribution in [0.4, 0.5) is 0 Å². The van der Waals surface area contributed by atoms with Crippen LogP contribution in [0.25, 0.3) is 0 Å². The number of pyridine rings is 1. The molecule has 1 aromatic heterocycles. The molecule has 156 valence electrons. The van der Waals surface area contributed by atoms with Crippen LogP contribution in [-0.2, 0) is 11.8 Å². The van der Waals surface area contributed by atoms with Crippen molar-refractivity contribution in [3.05, 3.63) is 30.1 Å². The van der Waals surface area contributed by atoms with Gasteiger partial charge in [-0.05, 0) is 12.5 Å². The van der Waals surface area contributed by atoms with Crippen LogP contribution in [0.15, 0.2) is 24.4 Å². The number of carbonyl (C=O) groups excluding carboxylic acids is 1. The lowest BCUT2D eigenvalue weighted by atomic mass is 10.0. The van der Waals surface area contributed by atoms with E-state index >= 15 is 0 Å². The van der Waals surface area contributed by atoms with E-state index in [1.54, 1.807) is 10.6 Å². The second-order valence-corrected chi connectivity index (χ2v) is 7.43. The van der Waals surface area contributed by atoms with Crippen molar-refractivity contribution in [3.63, 3.8) is 0 Å². The summed E-state index contributed by atoms with van der Waals surface area (Å²) in [5.74, 6) is -0.220. The summed E-state index contributed by atoms with van der Waals surface area (Å²) < 4.78 is 7.16. The fourth-order valence-corrected chi connectivity index (χ4v) is 3.27. The van der Waals surface area contributed by atoms with Crippen LogP contribution in [0.5, 0.6) is 0 Å². The Hall–Kier alpha value is -1.09. The Bertz CT molecular complexity index is 479. The van der Waals surface area contributed by atoms with Crippen LogP contribution < -0.4 is 17.0 Å². The van der Waals surface area contributed by atoms with Gasteiger partial charge in [0.05, 0.1) is 6.61 Å². The van der Waals surface area contributed by atoms with Crippen molar-refractivity contribution in [2.24, 2.45) is 7.05 Å². The van der Waals surface area contributed by atoms with E-state index in [4.69, 9.17) is 4.74 Å². The van der Waals surface area contributed by atoms with Gasteiger partial charge in [-0.25, -0.2) is 4.79 Å². The van der Waals surface area contributed by atoms with Crippen molar-refractivity contribution >= 4 is 5.97 Å². The maximum absolute atomic E-state index is 12.0. The number of carbonyl (C=O) groups is 1. The van der Waals surface area contributed by atoms with Crippen LogP contribution in [-0.4, -0.2) is 12.6 Å². The summed E-state index contributed by atoms with van der Waals surface area (Å²) >= 11 is 0. The third kappa shape index (κ3) is 13.7. The average Bonchev–Trinajstić information content (AvgIpc) is 2.65. The number of rotatable bonds is 16. The molecule has 27 heavy (non-hydrogen) atoms. The van der Waals surface area contributed by atoms with E-state index in [2.05, 4.69) is 6.92 Å². The molecule has 1 rings (SSSR count). The molecular weight excluding hydrogens is 358 g/mol. The van der Waals surface area contributed by atoms with Gasteiger partial charge in [0.25, 0.3) is 5.69 Å². The quantitative estimate of drug-likeness (QED) is 0.243. The van der Waals surface area contributed by atoms with Gasteiger partial charge in [-0.15, -0.1) is 0 Å². The molecular formula is C23H40ClNO2. The summed E-state index contributed by atoms with van der Waals surface area (Å²) in [6, 6.07) is 5.57. The zero-order valence-corrected chi connectivity index (χ0v) is 18.3. The van der Waals surface area contributed by atoms with Gasteiger partial charge in [-0.3, -0.25) is 0 Å². The van der Waals surface area contributed by atoms with Crippen molar-refractivity contribution in [2.75, 3.05) is 6.61 Å². The maximum Gasteiger partial charge on any atom is 0.403 e. The summed E-state index contributed by atoms with van der Waals surface area (Å²) in [4.78, 5) is 12.0. The minimum Gasteiger partial charge on any atom is -1.00 e. The Morgan fingerprint density at radius 1 is 0.815 bits per heavy atom. The lowest BCUT2D eigenvalue weighted by molar-refractivity contribution is -0.674. The summed E-state index contributed by atoms with van der Waals surface area (Å²) in [6.45, 7) is 2.81. The van der Waals surface area contributed by atoms with Gasteiger partial charge in [-0.1, -0.05) is 90.4 Å². The highest BCUT2D eigenvalue weighted by Gasteiger charge is 2.16. The minimum absolute atomic E-state index is 0. The molecule has 1 aromatic rings. The Kier molecular flexibility index (Phi) is 17.5. The topological polar surface area (TPSA) is 30.2 Å². The maximum atomic E-state index is 12.0. The largest absolute Gasteiger partial charge is 1.00 e. The molecule has 1 heterocycles. The molecule has 0 unspecified atom stereocenters. The van der Waals surface area contributed by atoms with E-state index in [-0.39, 0.29) is 18.4 Å². The first-order chi connectivity index (χ1) is 12.8. The van der Waals surface area contributed by atoms with Crippen LogP contribution in [0.1, 0.15) is 107 Å². The molecule has 0 aromatic carbocycles. The number of aromatic nitrogens is 1. The van der Waals surface area contributed by atoms with Crippen molar-refractivity contribution in [2.45, 2.75) is 96.8 Å². The monoisotopic (exact) mass is 397 g/mol. The SMILES string of the molecule is CCCCCCCCCCCCCCCCOC(=O)c1cccc[n+]1C.[Cl-]. The van der Waals surface area contributed by atoms with E-state index in [9.17, 15) is 4.79 Å². The number of aryl methyl sites for hydroxylation is 1. The molecule has 0 saturated heterocycles. The summed E-state index contributed by atoms with van der Waals surface area (Å²) in [6.07, 6.45) is 20.6. The van der Waals surface area contributed by atoms with Crippen molar-refractivity contribution in [3.8, 4) is 0 Å². The third-order valence-electron chi connectivity index (χ3n) is 5.00. The highest BCUT2D eigenvalue weighted by Crippen LogP contribution is 2.13. The summed E-state index contributed by atoms with van der Waals surface area (Å²) in [7, 11) is 1.86. The first-order valence-corrected chi connectivity index (χ1v) is 10.9. The first kappa shape index (κ1) is 25.9. The van der Waals surface area contributed by atoms with Crippen LogP contribution >= 0.6 is 0 Å². The highest BCUT2D eigenvalue weighted by molar-refractivity contribution is 5.85. The number of halogens is 1. The number of nitrogens with zero attached hydrogens (tertiary/aromatic N) is 1. The molecule has 0 radical (unpaired) electrons. The van der Waals surface area contributed by atoms with Gasteiger partial charge >= 0.3 is 5.97 Å². The predicted molar refractivity (Wildman–Crippen MR) is 108 cm³/mol. The molecule has 0 atom stereocenters. The van der Waals surface area contributed by atoms with E-state index < -0.39 is 0 Å². The number of unbranched alkanes of at least 4 members (excludes halogenated alkanes) is 13. The Balaban J connectivity index is 0.00000676. The number of hydrogen-bond acceptors (Lipinski definition) is 2. The highest BCUT2D eigenvalue weighted by atomic mass is 35.5. The summed E-state index contributed by atoms with van der Waals surface area (Å²) in [5.41, 5.74) is 0.609. The van der Waals surface area contributed by atoms with Gasteiger partial charge in [0.15, 0.2) is 6.20 Å². The van der Waals surface area contributed by atoms with E-state index in [1.165, 1.54) is 77.0 Å². The molecule has 0 N–H and O–H groups in total. The van der Waals surface area contributed by atoms with Gasteiger partial charge in [0, 0.05) is 12.1 Å². The zero-order valence-electron chi connectivity index (χ0n) is 17.6. The standard InChI is InChI=1S/C23H40NO2.ClH/c1-3-4-5-6-7-8-9-10-11-12-13-14-15-18-21-26-23(25)22-19-16-17-20-24(22)2;/h16-17,19-20H,3-15,18,21H2,1-2H3;1H/q+1;/p-1. The summed E-state index contributed by atoms with van der Waals surface area (Å²) in [5, 5.41) is 0. The smallest absolute Gasteiger partial charge is 0.403 e. The van der Waals surface area contributed by atoms with Crippen LogP contribution in [0.3, 0.4) is 0 Å². The number of esters is 1. The number of hydrogen-bond donors (Lipinski definition) is 0. The molecule has 3 nitrogen and oxygen atoms in total. The van der Waals surface area contributed by atoms with Crippen LogP contribution in [0, 0.1) is 0 Å². The minimum atomic E-state index is -0.220.